The van der Waals surface area contributed by atoms with Crippen LogP contribution in [-0.4, -0.2) is 34.1 Å². The van der Waals surface area contributed by atoms with Gasteiger partial charge < -0.3 is 9.84 Å². The fourth-order valence-corrected chi connectivity index (χ4v) is 0.738. The van der Waals surface area contributed by atoms with Gasteiger partial charge in [0.1, 0.15) is 5.56 Å². The number of aromatic carboxylic acids is 1. The van der Waals surface area contributed by atoms with Gasteiger partial charge in [-0.05, 0) is 6.07 Å². The van der Waals surface area contributed by atoms with E-state index < -0.39 is 30.2 Å². The summed E-state index contributed by atoms with van der Waals surface area (Å²) in [6.07, 6.45) is -3.50. The lowest BCUT2D eigenvalue weighted by Crippen LogP contribution is -2.21. The molecule has 0 aliphatic carbocycles. The molecule has 1 rings (SSSR count). The Bertz CT molecular complexity index is 367. The third-order valence-corrected chi connectivity index (χ3v) is 1.29. The van der Waals surface area contributed by atoms with Crippen molar-refractivity contribution in [3.63, 3.8) is 0 Å². The fourth-order valence-electron chi connectivity index (χ4n) is 0.738. The maximum atomic E-state index is 11.8. The van der Waals surface area contributed by atoms with Crippen molar-refractivity contribution in [3.8, 4) is 5.88 Å². The Hall–Kier alpha value is -1.86. The van der Waals surface area contributed by atoms with Gasteiger partial charge in [-0.1, -0.05) is 0 Å². The van der Waals surface area contributed by atoms with Crippen molar-refractivity contribution in [2.75, 3.05) is 6.61 Å². The molecule has 0 aromatic carbocycles. The summed E-state index contributed by atoms with van der Waals surface area (Å²) in [5.41, 5.74) is -0.464. The van der Waals surface area contributed by atoms with E-state index in [0.29, 0.717) is 0 Å². The zero-order valence-electron chi connectivity index (χ0n) is 7.15. The van der Waals surface area contributed by atoms with E-state index in [1.165, 1.54) is 0 Å². The van der Waals surface area contributed by atoms with Crippen LogP contribution in [0, 0.1) is 0 Å². The van der Waals surface area contributed by atoms with Gasteiger partial charge in [-0.2, -0.15) is 18.3 Å². The number of carbonyl (C=O) groups is 1. The summed E-state index contributed by atoms with van der Waals surface area (Å²) in [4.78, 5) is 10.5. The van der Waals surface area contributed by atoms with Crippen molar-refractivity contribution in [2.45, 2.75) is 6.18 Å². The molecule has 5 nitrogen and oxygen atoms in total. The summed E-state index contributed by atoms with van der Waals surface area (Å²) < 4.78 is 39.4. The number of halogens is 3. The van der Waals surface area contributed by atoms with Crippen molar-refractivity contribution in [1.82, 2.24) is 10.2 Å². The first kappa shape index (κ1) is 11.2. The monoisotopic (exact) mass is 222 g/mol. The highest BCUT2D eigenvalue weighted by Crippen LogP contribution is 2.19. The summed E-state index contributed by atoms with van der Waals surface area (Å²) in [5.74, 6) is -2.08. The largest absolute Gasteiger partial charge is 0.477 e. The number of carboxylic acid groups (broad SMARTS) is 1. The van der Waals surface area contributed by atoms with Crippen molar-refractivity contribution in [2.24, 2.45) is 0 Å². The molecule has 1 aromatic heterocycles. The number of rotatable bonds is 3. The molecule has 0 amide bonds. The van der Waals surface area contributed by atoms with E-state index in [0.717, 1.165) is 12.3 Å². The Labute approximate surface area is 81.5 Å². The zero-order chi connectivity index (χ0) is 11.5. The average molecular weight is 222 g/mol. The molecule has 0 saturated heterocycles. The number of alkyl halides is 3. The van der Waals surface area contributed by atoms with Crippen LogP contribution in [-0.2, 0) is 0 Å². The van der Waals surface area contributed by atoms with E-state index in [9.17, 15) is 18.0 Å². The lowest BCUT2D eigenvalue weighted by molar-refractivity contribution is -0.154. The lowest BCUT2D eigenvalue weighted by Gasteiger charge is -2.08. The van der Waals surface area contributed by atoms with Gasteiger partial charge in [0.05, 0.1) is 6.20 Å². The molecule has 0 radical (unpaired) electrons. The topological polar surface area (TPSA) is 72.3 Å². The molecule has 15 heavy (non-hydrogen) atoms. The SMILES string of the molecule is O=C(O)c1ccnnc1OCC(F)(F)F. The van der Waals surface area contributed by atoms with Crippen molar-refractivity contribution < 1.29 is 27.8 Å². The zero-order valence-corrected chi connectivity index (χ0v) is 7.15. The minimum atomic E-state index is -4.55. The molecular weight excluding hydrogens is 217 g/mol. The average Bonchev–Trinajstić information content (AvgIpc) is 2.14. The van der Waals surface area contributed by atoms with Crippen LogP contribution >= 0.6 is 0 Å². The van der Waals surface area contributed by atoms with Gasteiger partial charge in [-0.15, -0.1) is 5.10 Å². The number of nitrogens with zero attached hydrogens (tertiary/aromatic N) is 2. The quantitative estimate of drug-likeness (QED) is 0.829. The second kappa shape index (κ2) is 4.11. The molecule has 0 aliphatic heterocycles. The number of hydrogen-bond donors (Lipinski definition) is 1. The predicted octanol–water partition coefficient (Wildman–Crippen LogP) is 1.12. The molecule has 0 aliphatic rings. The first-order valence-corrected chi connectivity index (χ1v) is 3.64. The van der Waals surface area contributed by atoms with Gasteiger partial charge in [-0.25, -0.2) is 4.79 Å². The van der Waals surface area contributed by atoms with Crippen molar-refractivity contribution in [3.05, 3.63) is 17.8 Å². The first-order chi connectivity index (χ1) is 6.90. The highest BCUT2D eigenvalue weighted by atomic mass is 19.4. The standard InChI is InChI=1S/C7H5F3N2O3/c8-7(9,10)3-15-5-4(6(13)14)1-2-11-12-5/h1-2H,3H2,(H,13,14). The molecule has 0 atom stereocenters. The van der Waals surface area contributed by atoms with Crippen LogP contribution in [0.2, 0.25) is 0 Å². The maximum absolute atomic E-state index is 11.8. The molecule has 0 bridgehead atoms. The van der Waals surface area contributed by atoms with Crippen LogP contribution in [0.3, 0.4) is 0 Å². The number of carboxylic acids is 1. The third-order valence-electron chi connectivity index (χ3n) is 1.29. The molecule has 82 valence electrons. The molecule has 1 aromatic rings. The van der Waals surface area contributed by atoms with Crippen LogP contribution in [0.15, 0.2) is 12.3 Å². The van der Waals surface area contributed by atoms with Gasteiger partial charge in [0, 0.05) is 0 Å². The lowest BCUT2D eigenvalue weighted by atomic mass is 10.3. The highest BCUT2D eigenvalue weighted by molar-refractivity contribution is 5.89. The normalized spacial score (nSPS) is 11.1. The van der Waals surface area contributed by atoms with E-state index in [1.807, 2.05) is 0 Å². The molecule has 0 unspecified atom stereocenters. The fraction of sp³-hybridized carbons (Fsp3) is 0.286. The minimum absolute atomic E-state index is 0.464. The van der Waals surface area contributed by atoms with E-state index >= 15 is 0 Å². The van der Waals surface area contributed by atoms with Crippen LogP contribution in [0.5, 0.6) is 5.88 Å². The van der Waals surface area contributed by atoms with Crippen molar-refractivity contribution >= 4 is 5.97 Å². The number of ether oxygens (including phenoxy) is 1. The van der Waals surface area contributed by atoms with Crippen LogP contribution in [0.1, 0.15) is 10.4 Å². The third kappa shape index (κ3) is 3.41. The van der Waals surface area contributed by atoms with E-state index in [1.54, 1.807) is 0 Å². The van der Waals surface area contributed by atoms with Gasteiger partial charge in [0.15, 0.2) is 6.61 Å². The van der Waals surface area contributed by atoms with Crippen LogP contribution < -0.4 is 4.74 Å². The number of hydrogen-bond acceptors (Lipinski definition) is 4. The Morgan fingerprint density at radius 1 is 1.53 bits per heavy atom. The van der Waals surface area contributed by atoms with E-state index in [2.05, 4.69) is 14.9 Å². The Morgan fingerprint density at radius 2 is 2.20 bits per heavy atom. The summed E-state index contributed by atoms with van der Waals surface area (Å²) in [7, 11) is 0. The van der Waals surface area contributed by atoms with Crippen molar-refractivity contribution in [1.29, 1.82) is 0 Å². The molecule has 1 N–H and O–H groups in total. The van der Waals surface area contributed by atoms with Crippen LogP contribution in [0.4, 0.5) is 13.2 Å². The molecular formula is C7H5F3N2O3. The molecule has 0 saturated carbocycles. The summed E-state index contributed by atoms with van der Waals surface area (Å²) in [5, 5.41) is 14.9. The minimum Gasteiger partial charge on any atom is -0.477 e. The van der Waals surface area contributed by atoms with E-state index in [-0.39, 0.29) is 0 Å². The molecule has 1 heterocycles. The van der Waals surface area contributed by atoms with Gasteiger partial charge in [0.25, 0.3) is 0 Å². The molecule has 8 heteroatoms. The molecule has 0 spiro atoms. The second-order valence-corrected chi connectivity index (χ2v) is 2.46. The number of aromatic nitrogens is 2. The van der Waals surface area contributed by atoms with Crippen LogP contribution in [0.25, 0.3) is 0 Å². The summed E-state index contributed by atoms with van der Waals surface area (Å²) in [6.45, 7) is -1.61. The summed E-state index contributed by atoms with van der Waals surface area (Å²) >= 11 is 0. The smallest absolute Gasteiger partial charge is 0.422 e. The van der Waals surface area contributed by atoms with Gasteiger partial charge >= 0.3 is 12.1 Å². The Kier molecular flexibility index (Phi) is 3.08. The molecule has 0 fully saturated rings. The Balaban J connectivity index is 2.81. The Morgan fingerprint density at radius 3 is 2.73 bits per heavy atom. The first-order valence-electron chi connectivity index (χ1n) is 3.64. The van der Waals surface area contributed by atoms with Gasteiger partial charge in [0.2, 0.25) is 5.88 Å². The maximum Gasteiger partial charge on any atom is 0.422 e. The summed E-state index contributed by atoms with van der Waals surface area (Å²) in [6, 6.07) is 1.00. The van der Waals surface area contributed by atoms with E-state index in [4.69, 9.17) is 5.11 Å². The second-order valence-electron chi connectivity index (χ2n) is 2.46. The van der Waals surface area contributed by atoms with Gasteiger partial charge in [-0.3, -0.25) is 0 Å². The predicted molar refractivity (Wildman–Crippen MR) is 40.5 cm³/mol. The highest BCUT2D eigenvalue weighted by Gasteiger charge is 2.29.